The molecule has 1 heterocycles. The van der Waals surface area contributed by atoms with E-state index >= 15 is 0 Å². The number of halogens is 1. The molecule has 1 aromatic carbocycles. The van der Waals surface area contributed by atoms with E-state index in [1.807, 2.05) is 0 Å². The van der Waals surface area contributed by atoms with Crippen molar-refractivity contribution in [2.45, 2.75) is 6.10 Å². The van der Waals surface area contributed by atoms with Gasteiger partial charge >= 0.3 is 5.97 Å². The zero-order valence-corrected chi connectivity index (χ0v) is 10.3. The van der Waals surface area contributed by atoms with Crippen molar-refractivity contribution in [1.82, 2.24) is 0 Å². The minimum Gasteiger partial charge on any atom is -0.484 e. The molecule has 0 atom stereocenters. The van der Waals surface area contributed by atoms with Crippen LogP contribution in [-0.4, -0.2) is 32.4 Å². The molecule has 0 aliphatic carbocycles. The first-order valence-electron chi connectivity index (χ1n) is 4.83. The van der Waals surface area contributed by atoms with Gasteiger partial charge in [-0.3, -0.25) is 0 Å². The third-order valence-corrected chi connectivity index (χ3v) is 2.91. The highest BCUT2D eigenvalue weighted by atomic mass is 79.9. The molecule has 0 N–H and O–H groups in total. The van der Waals surface area contributed by atoms with Crippen LogP contribution >= 0.6 is 15.9 Å². The maximum Gasteiger partial charge on any atom is 0.337 e. The van der Waals surface area contributed by atoms with Crippen LogP contribution in [0.4, 0.5) is 0 Å². The van der Waals surface area contributed by atoms with Crippen molar-refractivity contribution in [1.29, 1.82) is 0 Å². The predicted octanol–water partition coefficient (Wildman–Crippen LogP) is 2.01. The van der Waals surface area contributed by atoms with E-state index in [-0.39, 0.29) is 12.1 Å². The van der Waals surface area contributed by atoms with E-state index in [2.05, 4.69) is 20.7 Å². The van der Waals surface area contributed by atoms with Crippen molar-refractivity contribution in [3.63, 3.8) is 0 Å². The summed E-state index contributed by atoms with van der Waals surface area (Å²) in [4.78, 5) is 11.3. The van der Waals surface area contributed by atoms with Gasteiger partial charge in [-0.2, -0.15) is 0 Å². The summed E-state index contributed by atoms with van der Waals surface area (Å²) in [5.74, 6) is 0.262. The van der Waals surface area contributed by atoms with Gasteiger partial charge in [0, 0.05) is 0 Å². The Morgan fingerprint density at radius 1 is 1.50 bits per heavy atom. The van der Waals surface area contributed by atoms with Crippen LogP contribution in [0.25, 0.3) is 0 Å². The van der Waals surface area contributed by atoms with Gasteiger partial charge in [0.25, 0.3) is 0 Å². The Morgan fingerprint density at radius 2 is 2.25 bits per heavy atom. The molecule has 1 fully saturated rings. The van der Waals surface area contributed by atoms with Gasteiger partial charge < -0.3 is 14.2 Å². The molecule has 0 spiro atoms. The van der Waals surface area contributed by atoms with E-state index in [0.717, 1.165) is 4.47 Å². The van der Waals surface area contributed by atoms with Crippen molar-refractivity contribution in [2.75, 3.05) is 20.3 Å². The Hall–Kier alpha value is -1.07. The van der Waals surface area contributed by atoms with Crippen molar-refractivity contribution in [2.24, 2.45) is 0 Å². The number of methoxy groups -OCH3 is 1. The first-order chi connectivity index (χ1) is 7.70. The Morgan fingerprint density at radius 3 is 2.81 bits per heavy atom. The Labute approximate surface area is 102 Å². The number of hydrogen-bond acceptors (Lipinski definition) is 4. The number of rotatable bonds is 3. The predicted molar refractivity (Wildman–Crippen MR) is 60.7 cm³/mol. The molecule has 5 heteroatoms. The van der Waals surface area contributed by atoms with Gasteiger partial charge in [-0.15, -0.1) is 0 Å². The number of hydrogen-bond donors (Lipinski definition) is 0. The van der Waals surface area contributed by atoms with E-state index in [4.69, 9.17) is 9.47 Å². The van der Waals surface area contributed by atoms with Gasteiger partial charge in [-0.25, -0.2) is 4.79 Å². The van der Waals surface area contributed by atoms with Gasteiger partial charge in [0.05, 0.1) is 30.4 Å². The van der Waals surface area contributed by atoms with Crippen molar-refractivity contribution < 1.29 is 19.0 Å². The smallest absolute Gasteiger partial charge is 0.337 e. The van der Waals surface area contributed by atoms with Crippen LogP contribution in [0.2, 0.25) is 0 Å². The zero-order chi connectivity index (χ0) is 11.5. The first kappa shape index (κ1) is 11.4. The summed E-state index contributed by atoms with van der Waals surface area (Å²) in [7, 11) is 1.35. The third kappa shape index (κ3) is 2.36. The summed E-state index contributed by atoms with van der Waals surface area (Å²) >= 11 is 3.37. The molecule has 0 saturated carbocycles. The average molecular weight is 287 g/mol. The third-order valence-electron chi connectivity index (χ3n) is 2.25. The van der Waals surface area contributed by atoms with Gasteiger partial charge in [0.1, 0.15) is 11.9 Å². The molecule has 0 amide bonds. The second kappa shape index (κ2) is 4.84. The van der Waals surface area contributed by atoms with Crippen LogP contribution < -0.4 is 4.74 Å². The summed E-state index contributed by atoms with van der Waals surface area (Å²) in [6.07, 6.45) is 0.0733. The van der Waals surface area contributed by atoms with E-state index in [1.54, 1.807) is 18.2 Å². The molecule has 1 aliphatic heterocycles. The fourth-order valence-corrected chi connectivity index (χ4v) is 1.64. The second-order valence-electron chi connectivity index (χ2n) is 3.41. The number of benzene rings is 1. The highest BCUT2D eigenvalue weighted by Gasteiger charge is 2.21. The molecule has 0 radical (unpaired) electrons. The summed E-state index contributed by atoms with van der Waals surface area (Å²) in [6, 6.07) is 5.11. The van der Waals surface area contributed by atoms with Crippen molar-refractivity contribution in [3.8, 4) is 5.75 Å². The lowest BCUT2D eigenvalue weighted by molar-refractivity contribution is -0.0799. The Balaban J connectivity index is 2.17. The molecule has 0 aromatic heterocycles. The van der Waals surface area contributed by atoms with Gasteiger partial charge in [-0.05, 0) is 34.1 Å². The molecule has 0 bridgehead atoms. The van der Waals surface area contributed by atoms with E-state index in [0.29, 0.717) is 24.5 Å². The molecule has 1 saturated heterocycles. The molecular weight excluding hydrogens is 276 g/mol. The van der Waals surface area contributed by atoms with E-state index < -0.39 is 0 Å². The first-order valence-corrected chi connectivity index (χ1v) is 5.62. The molecule has 1 aromatic rings. The van der Waals surface area contributed by atoms with Crippen LogP contribution in [0.1, 0.15) is 10.4 Å². The van der Waals surface area contributed by atoms with Gasteiger partial charge in [0.15, 0.2) is 0 Å². The SMILES string of the molecule is COC(=O)c1ccc(Br)c(OC2COC2)c1. The summed E-state index contributed by atoms with van der Waals surface area (Å²) in [6.45, 7) is 1.18. The van der Waals surface area contributed by atoms with Crippen LogP contribution in [0, 0.1) is 0 Å². The largest absolute Gasteiger partial charge is 0.484 e. The fourth-order valence-electron chi connectivity index (χ4n) is 1.30. The van der Waals surface area contributed by atoms with Crippen LogP contribution in [0.5, 0.6) is 5.75 Å². The highest BCUT2D eigenvalue weighted by molar-refractivity contribution is 9.10. The van der Waals surface area contributed by atoms with E-state index in [1.165, 1.54) is 7.11 Å². The lowest BCUT2D eigenvalue weighted by atomic mass is 10.2. The van der Waals surface area contributed by atoms with E-state index in [9.17, 15) is 4.79 Å². The standard InChI is InChI=1S/C11H11BrO4/c1-14-11(13)7-2-3-9(12)10(4-7)16-8-5-15-6-8/h2-4,8H,5-6H2,1H3. The van der Waals surface area contributed by atoms with Crippen LogP contribution in [0.3, 0.4) is 0 Å². The highest BCUT2D eigenvalue weighted by Crippen LogP contribution is 2.28. The number of esters is 1. The zero-order valence-electron chi connectivity index (χ0n) is 8.73. The fraction of sp³-hybridized carbons (Fsp3) is 0.364. The molecule has 4 nitrogen and oxygen atoms in total. The summed E-state index contributed by atoms with van der Waals surface area (Å²) in [5.41, 5.74) is 0.473. The quantitative estimate of drug-likeness (QED) is 0.798. The molecular formula is C11H11BrO4. The molecule has 1 aliphatic rings. The lowest BCUT2D eigenvalue weighted by Gasteiger charge is -2.27. The molecule has 2 rings (SSSR count). The number of carbonyl (C=O) groups is 1. The van der Waals surface area contributed by atoms with Crippen LogP contribution in [-0.2, 0) is 9.47 Å². The molecule has 16 heavy (non-hydrogen) atoms. The molecule has 86 valence electrons. The second-order valence-corrected chi connectivity index (χ2v) is 4.27. The van der Waals surface area contributed by atoms with Gasteiger partial charge in [0.2, 0.25) is 0 Å². The van der Waals surface area contributed by atoms with Crippen molar-refractivity contribution in [3.05, 3.63) is 28.2 Å². The average Bonchev–Trinajstić information content (AvgIpc) is 2.24. The Bertz CT molecular complexity index is 401. The number of carbonyl (C=O) groups excluding carboxylic acids is 1. The normalized spacial score (nSPS) is 15.4. The van der Waals surface area contributed by atoms with Crippen LogP contribution in [0.15, 0.2) is 22.7 Å². The lowest BCUT2D eigenvalue weighted by Crippen LogP contribution is -2.38. The monoisotopic (exact) mass is 286 g/mol. The molecule has 0 unspecified atom stereocenters. The Kier molecular flexibility index (Phi) is 3.46. The topological polar surface area (TPSA) is 44.8 Å². The minimum absolute atomic E-state index is 0.0733. The maximum absolute atomic E-state index is 11.3. The van der Waals surface area contributed by atoms with Gasteiger partial charge in [-0.1, -0.05) is 0 Å². The van der Waals surface area contributed by atoms with Crippen molar-refractivity contribution >= 4 is 21.9 Å². The maximum atomic E-state index is 11.3. The summed E-state index contributed by atoms with van der Waals surface area (Å²) in [5, 5.41) is 0. The summed E-state index contributed by atoms with van der Waals surface area (Å²) < 4.78 is 16.1. The minimum atomic E-state index is -0.373. The number of ether oxygens (including phenoxy) is 3.